The van der Waals surface area contributed by atoms with Crippen LogP contribution in [0, 0.1) is 6.92 Å². The SMILES string of the molecule is Cc1ccc(N2C(=O)[C@H]3N=NN(CC(=O)Nc4ccccc4)[C@@H]3C2=O)cc1. The third-order valence-electron chi connectivity index (χ3n) is 4.51. The number of fused-ring (bicyclic) bond motifs is 1. The van der Waals surface area contributed by atoms with E-state index in [1.807, 2.05) is 25.1 Å². The average molecular weight is 363 g/mol. The van der Waals surface area contributed by atoms with E-state index in [0.29, 0.717) is 11.4 Å². The lowest BCUT2D eigenvalue weighted by molar-refractivity contribution is -0.123. The van der Waals surface area contributed by atoms with Crippen molar-refractivity contribution in [1.82, 2.24) is 5.01 Å². The summed E-state index contributed by atoms with van der Waals surface area (Å²) in [6.45, 7) is 1.76. The summed E-state index contributed by atoms with van der Waals surface area (Å²) in [5.74, 6) is -1.19. The number of carbonyl (C=O) groups excluding carboxylic acids is 3. The third kappa shape index (κ3) is 3.05. The number of carbonyl (C=O) groups is 3. The van der Waals surface area contributed by atoms with E-state index >= 15 is 0 Å². The molecule has 4 rings (SSSR count). The predicted octanol–water partition coefficient (Wildman–Crippen LogP) is 1.93. The molecule has 2 aliphatic heterocycles. The Labute approximate surface area is 155 Å². The minimum Gasteiger partial charge on any atom is -0.324 e. The van der Waals surface area contributed by atoms with Gasteiger partial charge in [0.2, 0.25) is 5.91 Å². The second-order valence-electron chi connectivity index (χ2n) is 6.45. The van der Waals surface area contributed by atoms with Gasteiger partial charge in [0.05, 0.1) is 5.69 Å². The van der Waals surface area contributed by atoms with Gasteiger partial charge in [-0.25, -0.2) is 4.90 Å². The lowest BCUT2D eigenvalue weighted by atomic mass is 10.1. The minimum absolute atomic E-state index is 0.166. The summed E-state index contributed by atoms with van der Waals surface area (Å²) in [5.41, 5.74) is 2.16. The van der Waals surface area contributed by atoms with Crippen molar-refractivity contribution in [2.75, 3.05) is 16.8 Å². The van der Waals surface area contributed by atoms with E-state index in [9.17, 15) is 14.4 Å². The quantitative estimate of drug-likeness (QED) is 0.840. The Hall–Kier alpha value is -3.55. The fourth-order valence-electron chi connectivity index (χ4n) is 3.17. The summed E-state index contributed by atoms with van der Waals surface area (Å²) >= 11 is 0. The molecule has 0 radical (unpaired) electrons. The molecule has 2 atom stereocenters. The van der Waals surface area contributed by atoms with Crippen LogP contribution < -0.4 is 10.2 Å². The van der Waals surface area contributed by atoms with Crippen molar-refractivity contribution in [2.45, 2.75) is 19.0 Å². The van der Waals surface area contributed by atoms with Gasteiger partial charge in [0.15, 0.2) is 12.1 Å². The number of aryl methyl sites for hydroxylation is 1. The highest BCUT2D eigenvalue weighted by molar-refractivity contribution is 6.25. The van der Waals surface area contributed by atoms with Crippen LogP contribution in [0.5, 0.6) is 0 Å². The van der Waals surface area contributed by atoms with Gasteiger partial charge in [0, 0.05) is 5.69 Å². The maximum Gasteiger partial charge on any atom is 0.263 e. The first-order valence-electron chi connectivity index (χ1n) is 8.51. The van der Waals surface area contributed by atoms with Crippen molar-refractivity contribution < 1.29 is 14.4 Å². The molecule has 0 aliphatic carbocycles. The molecule has 2 aromatic carbocycles. The molecule has 2 aromatic rings. The molecule has 0 spiro atoms. The van der Waals surface area contributed by atoms with Crippen LogP contribution in [-0.4, -0.2) is 41.4 Å². The third-order valence-corrected chi connectivity index (χ3v) is 4.51. The molecule has 2 heterocycles. The Kier molecular flexibility index (Phi) is 4.15. The number of para-hydroxylation sites is 1. The maximum absolute atomic E-state index is 12.8. The highest BCUT2D eigenvalue weighted by Crippen LogP contribution is 2.31. The maximum atomic E-state index is 12.8. The number of hydrogen-bond donors (Lipinski definition) is 1. The zero-order valence-electron chi connectivity index (χ0n) is 14.6. The number of imide groups is 1. The van der Waals surface area contributed by atoms with Crippen LogP contribution in [0.2, 0.25) is 0 Å². The van der Waals surface area contributed by atoms with E-state index in [1.54, 1.807) is 36.4 Å². The van der Waals surface area contributed by atoms with Gasteiger partial charge in [-0.15, -0.1) is 0 Å². The first-order chi connectivity index (χ1) is 13.0. The van der Waals surface area contributed by atoms with Crippen molar-refractivity contribution in [2.24, 2.45) is 10.3 Å². The number of benzene rings is 2. The van der Waals surface area contributed by atoms with Crippen molar-refractivity contribution in [1.29, 1.82) is 0 Å². The second kappa shape index (κ2) is 6.64. The standard InChI is InChI=1S/C19H17N5O3/c1-12-7-9-14(10-8-12)24-18(26)16-17(19(24)27)23(22-21-16)11-15(25)20-13-5-3-2-4-6-13/h2-10,16-17H,11H2,1H3,(H,20,25)/t16-,17-/m0/s1. The van der Waals surface area contributed by atoms with E-state index in [-0.39, 0.29) is 12.5 Å². The summed E-state index contributed by atoms with van der Waals surface area (Å²) in [5, 5.41) is 11.8. The Balaban J connectivity index is 1.49. The van der Waals surface area contributed by atoms with Gasteiger partial charge in [-0.05, 0) is 31.2 Å². The molecule has 1 saturated heterocycles. The lowest BCUT2D eigenvalue weighted by Gasteiger charge is -2.20. The predicted molar refractivity (Wildman–Crippen MR) is 97.9 cm³/mol. The van der Waals surface area contributed by atoms with Crippen molar-refractivity contribution >= 4 is 29.1 Å². The number of anilines is 2. The Bertz CT molecular complexity index is 926. The molecule has 136 valence electrons. The smallest absolute Gasteiger partial charge is 0.263 e. The zero-order chi connectivity index (χ0) is 19.0. The topological polar surface area (TPSA) is 94.4 Å². The normalized spacial score (nSPS) is 20.9. The second-order valence-corrected chi connectivity index (χ2v) is 6.45. The van der Waals surface area contributed by atoms with E-state index in [0.717, 1.165) is 10.5 Å². The monoisotopic (exact) mass is 363 g/mol. The summed E-state index contributed by atoms with van der Waals surface area (Å²) in [7, 11) is 0. The summed E-state index contributed by atoms with van der Waals surface area (Å²) in [6, 6.07) is 14.3. The average Bonchev–Trinajstić information content (AvgIpc) is 3.17. The highest BCUT2D eigenvalue weighted by Gasteiger charge is 2.55. The van der Waals surface area contributed by atoms with Gasteiger partial charge in [-0.1, -0.05) is 41.1 Å². The van der Waals surface area contributed by atoms with Gasteiger partial charge in [0.1, 0.15) is 6.54 Å². The fourth-order valence-corrected chi connectivity index (χ4v) is 3.17. The molecule has 1 fully saturated rings. The van der Waals surface area contributed by atoms with Crippen LogP contribution in [0.15, 0.2) is 64.9 Å². The fraction of sp³-hybridized carbons (Fsp3) is 0.211. The van der Waals surface area contributed by atoms with E-state index in [4.69, 9.17) is 0 Å². The van der Waals surface area contributed by atoms with Crippen LogP contribution in [0.3, 0.4) is 0 Å². The Morgan fingerprint density at radius 2 is 1.74 bits per heavy atom. The number of nitrogens with one attached hydrogen (secondary N) is 1. The van der Waals surface area contributed by atoms with Crippen LogP contribution in [0.25, 0.3) is 0 Å². The lowest BCUT2D eigenvalue weighted by Crippen LogP contribution is -2.43. The molecule has 27 heavy (non-hydrogen) atoms. The molecule has 0 bridgehead atoms. The number of rotatable bonds is 4. The molecular weight excluding hydrogens is 346 g/mol. The minimum atomic E-state index is -0.914. The largest absolute Gasteiger partial charge is 0.324 e. The van der Waals surface area contributed by atoms with Crippen molar-refractivity contribution in [3.8, 4) is 0 Å². The summed E-state index contributed by atoms with van der Waals surface area (Å²) < 4.78 is 0. The highest BCUT2D eigenvalue weighted by atomic mass is 16.2. The molecule has 0 unspecified atom stereocenters. The molecule has 8 heteroatoms. The van der Waals surface area contributed by atoms with Crippen LogP contribution in [-0.2, 0) is 14.4 Å². The van der Waals surface area contributed by atoms with Gasteiger partial charge < -0.3 is 5.32 Å². The molecule has 0 saturated carbocycles. The number of hydrogen-bond acceptors (Lipinski definition) is 6. The Morgan fingerprint density at radius 1 is 1.04 bits per heavy atom. The molecule has 3 amide bonds. The van der Waals surface area contributed by atoms with Gasteiger partial charge in [-0.3, -0.25) is 19.4 Å². The number of nitrogens with zero attached hydrogens (tertiary/aromatic N) is 4. The van der Waals surface area contributed by atoms with E-state index < -0.39 is 23.9 Å². The van der Waals surface area contributed by atoms with Crippen molar-refractivity contribution in [3.05, 3.63) is 60.2 Å². The first-order valence-corrected chi connectivity index (χ1v) is 8.51. The van der Waals surface area contributed by atoms with E-state index in [1.165, 1.54) is 5.01 Å². The molecule has 2 aliphatic rings. The van der Waals surface area contributed by atoms with Gasteiger partial charge in [-0.2, -0.15) is 5.11 Å². The zero-order valence-corrected chi connectivity index (χ0v) is 14.6. The molecule has 8 nitrogen and oxygen atoms in total. The molecule has 1 N–H and O–H groups in total. The molecular formula is C19H17N5O3. The number of amides is 3. The summed E-state index contributed by atoms with van der Waals surface area (Å²) in [4.78, 5) is 38.9. The van der Waals surface area contributed by atoms with E-state index in [2.05, 4.69) is 15.7 Å². The molecule has 0 aromatic heterocycles. The van der Waals surface area contributed by atoms with Crippen LogP contribution in [0.4, 0.5) is 11.4 Å². The van der Waals surface area contributed by atoms with Gasteiger partial charge >= 0.3 is 0 Å². The summed E-state index contributed by atoms with van der Waals surface area (Å²) in [6.07, 6.45) is 0. The van der Waals surface area contributed by atoms with Crippen LogP contribution in [0.1, 0.15) is 5.56 Å². The Morgan fingerprint density at radius 3 is 2.44 bits per heavy atom. The van der Waals surface area contributed by atoms with Gasteiger partial charge in [0.25, 0.3) is 11.8 Å². The first kappa shape index (κ1) is 16.9. The van der Waals surface area contributed by atoms with Crippen molar-refractivity contribution in [3.63, 3.8) is 0 Å². The van der Waals surface area contributed by atoms with Crippen LogP contribution >= 0.6 is 0 Å².